The molecule has 9 rings (SSSR count). The van der Waals surface area contributed by atoms with E-state index in [0.717, 1.165) is 72.7 Å². The van der Waals surface area contributed by atoms with Gasteiger partial charge in [0.1, 0.15) is 28.8 Å². The van der Waals surface area contributed by atoms with Gasteiger partial charge in [-0.25, -0.2) is 20.0 Å². The molecule has 0 bridgehead atoms. The van der Waals surface area contributed by atoms with Crippen molar-refractivity contribution in [3.05, 3.63) is 180 Å². The Morgan fingerprint density at radius 3 is 1.88 bits per heavy atom. The van der Waals surface area contributed by atoms with Gasteiger partial charge < -0.3 is 9.73 Å². The van der Waals surface area contributed by atoms with Crippen LogP contribution in [0.25, 0.3) is 55.8 Å². The average molecular weight is 632 g/mol. The molecule has 1 aliphatic heterocycles. The number of hydrogen-bond acceptors (Lipinski definition) is 6. The summed E-state index contributed by atoms with van der Waals surface area (Å²) in [5, 5.41) is 4.48. The van der Waals surface area contributed by atoms with Crippen LogP contribution in [0, 0.1) is 0 Å². The number of rotatable bonds is 6. The maximum absolute atomic E-state index is 6.13. The van der Waals surface area contributed by atoms with Crippen molar-refractivity contribution in [3.8, 4) is 33.6 Å². The molecule has 0 radical (unpaired) electrons. The van der Waals surface area contributed by atoms with Crippen LogP contribution >= 0.6 is 0 Å². The number of benzene rings is 6. The van der Waals surface area contributed by atoms with Crippen LogP contribution in [0.2, 0.25) is 0 Å². The van der Waals surface area contributed by atoms with Crippen molar-refractivity contribution in [2.75, 3.05) is 0 Å². The van der Waals surface area contributed by atoms with Crippen molar-refractivity contribution in [2.45, 2.75) is 6.17 Å². The second-order valence-electron chi connectivity index (χ2n) is 11.9. The van der Waals surface area contributed by atoms with Crippen LogP contribution in [-0.4, -0.2) is 21.6 Å². The maximum Gasteiger partial charge on any atom is 0.246 e. The molecule has 232 valence electrons. The number of para-hydroxylation sites is 1. The molecule has 6 aromatic carbocycles. The third kappa shape index (κ3) is 5.45. The average Bonchev–Trinajstić information content (AvgIpc) is 3.56. The Balaban J connectivity index is 1.10. The number of furan rings is 1. The molecular formula is C43H29N5O. The molecule has 8 aromatic rings. The molecule has 0 fully saturated rings. The highest BCUT2D eigenvalue weighted by Crippen LogP contribution is 2.36. The van der Waals surface area contributed by atoms with E-state index in [2.05, 4.69) is 90.2 Å². The Kier molecular flexibility index (Phi) is 7.09. The quantitative estimate of drug-likeness (QED) is 0.198. The molecule has 0 amide bonds. The van der Waals surface area contributed by atoms with Gasteiger partial charge in [0.05, 0.1) is 5.69 Å². The van der Waals surface area contributed by atoms with Crippen molar-refractivity contribution in [1.29, 1.82) is 0 Å². The number of nitrogens with zero attached hydrogens (tertiary/aromatic N) is 4. The maximum atomic E-state index is 6.13. The molecule has 49 heavy (non-hydrogen) atoms. The lowest BCUT2D eigenvalue weighted by Gasteiger charge is -2.23. The molecule has 0 spiro atoms. The molecule has 0 aliphatic carbocycles. The van der Waals surface area contributed by atoms with Gasteiger partial charge in [-0.2, -0.15) is 0 Å². The summed E-state index contributed by atoms with van der Waals surface area (Å²) in [5.74, 6) is 1.49. The molecule has 6 nitrogen and oxygen atoms in total. The van der Waals surface area contributed by atoms with Crippen LogP contribution in [0.1, 0.15) is 22.9 Å². The van der Waals surface area contributed by atoms with E-state index in [-0.39, 0.29) is 6.17 Å². The van der Waals surface area contributed by atoms with Crippen molar-refractivity contribution in [2.24, 2.45) is 9.98 Å². The van der Waals surface area contributed by atoms with Crippen LogP contribution in [0.15, 0.2) is 178 Å². The lowest BCUT2D eigenvalue weighted by molar-refractivity contribution is 0.653. The zero-order valence-corrected chi connectivity index (χ0v) is 26.4. The number of aliphatic imine (C=N–C) groups is 2. The molecule has 6 heteroatoms. The van der Waals surface area contributed by atoms with Gasteiger partial charge in [-0.1, -0.05) is 146 Å². The largest absolute Gasteiger partial charge is 0.436 e. The Morgan fingerprint density at radius 1 is 0.490 bits per heavy atom. The van der Waals surface area contributed by atoms with E-state index in [1.54, 1.807) is 0 Å². The number of hydrogen-bond donors (Lipinski definition) is 1. The number of nitrogens with one attached hydrogen (secondary N) is 1. The fraction of sp³-hybridized carbons (Fsp3) is 0.0233. The van der Waals surface area contributed by atoms with E-state index in [9.17, 15) is 0 Å². The fourth-order valence-electron chi connectivity index (χ4n) is 6.31. The van der Waals surface area contributed by atoms with E-state index < -0.39 is 0 Å². The van der Waals surface area contributed by atoms with Gasteiger partial charge in [0.25, 0.3) is 0 Å². The monoisotopic (exact) mass is 631 g/mol. The summed E-state index contributed by atoms with van der Waals surface area (Å²) in [6, 6.07) is 55.5. The van der Waals surface area contributed by atoms with E-state index in [1.165, 1.54) is 0 Å². The SMILES string of the molecule is c1ccc(C2=NC(c3ccc(-c4cccc(-c5nc6c(nc5-c5ccccc5)oc5ccccc56)c4)cc3)=NC(c3ccccc3)N2)cc1. The second-order valence-corrected chi connectivity index (χ2v) is 11.9. The highest BCUT2D eigenvalue weighted by atomic mass is 16.3. The van der Waals surface area contributed by atoms with Crippen LogP contribution in [0.5, 0.6) is 0 Å². The first-order chi connectivity index (χ1) is 24.3. The molecular weight excluding hydrogens is 603 g/mol. The zero-order valence-electron chi connectivity index (χ0n) is 26.4. The smallest absolute Gasteiger partial charge is 0.246 e. The minimum atomic E-state index is -0.245. The zero-order chi connectivity index (χ0) is 32.6. The van der Waals surface area contributed by atoms with E-state index >= 15 is 0 Å². The highest BCUT2D eigenvalue weighted by Gasteiger charge is 2.21. The van der Waals surface area contributed by atoms with Gasteiger partial charge in [-0.05, 0) is 34.9 Å². The third-order valence-corrected chi connectivity index (χ3v) is 8.78. The summed E-state index contributed by atoms with van der Waals surface area (Å²) in [6.45, 7) is 0. The third-order valence-electron chi connectivity index (χ3n) is 8.78. The predicted molar refractivity (Wildman–Crippen MR) is 197 cm³/mol. The van der Waals surface area contributed by atoms with E-state index in [0.29, 0.717) is 11.5 Å². The van der Waals surface area contributed by atoms with Crippen LogP contribution in [0.3, 0.4) is 0 Å². The standard InChI is InChI=1S/C43H29N5O/c1-4-13-29(14-5-1)37-38(44-39-35-21-10-11-22-36(35)49-43(39)45-37)34-20-12-19-33(27-34)28-23-25-32(26-24-28)42-47-40(30-15-6-2-7-16-30)46-41(48-42)31-17-8-3-9-18-31/h1-27,40H,(H,46,47,48). The summed E-state index contributed by atoms with van der Waals surface area (Å²) < 4.78 is 6.13. The number of aromatic nitrogens is 2. The molecule has 1 atom stereocenters. The Morgan fingerprint density at radius 2 is 1.10 bits per heavy atom. The van der Waals surface area contributed by atoms with Crippen LogP contribution < -0.4 is 5.32 Å². The highest BCUT2D eigenvalue weighted by molar-refractivity contribution is 6.13. The van der Waals surface area contributed by atoms with Gasteiger partial charge >= 0.3 is 0 Å². The molecule has 1 N–H and O–H groups in total. The van der Waals surface area contributed by atoms with Gasteiger partial charge in [0.2, 0.25) is 5.71 Å². The summed E-state index contributed by atoms with van der Waals surface area (Å²) in [4.78, 5) is 20.2. The van der Waals surface area contributed by atoms with Crippen molar-refractivity contribution in [3.63, 3.8) is 0 Å². The fourth-order valence-corrected chi connectivity index (χ4v) is 6.31. The molecule has 0 saturated heterocycles. The second kappa shape index (κ2) is 12.2. The van der Waals surface area contributed by atoms with Crippen LogP contribution in [0.4, 0.5) is 0 Å². The summed E-state index contributed by atoms with van der Waals surface area (Å²) >= 11 is 0. The molecule has 1 unspecified atom stereocenters. The summed E-state index contributed by atoms with van der Waals surface area (Å²) in [6.07, 6.45) is -0.245. The molecule has 3 heterocycles. The minimum Gasteiger partial charge on any atom is -0.436 e. The Hall–Kier alpha value is -6.66. The van der Waals surface area contributed by atoms with Gasteiger partial charge in [-0.15, -0.1) is 0 Å². The molecule has 0 saturated carbocycles. The summed E-state index contributed by atoms with van der Waals surface area (Å²) in [5.41, 5.74) is 10.8. The van der Waals surface area contributed by atoms with E-state index in [4.69, 9.17) is 24.4 Å². The lowest BCUT2D eigenvalue weighted by atomic mass is 9.98. The lowest BCUT2D eigenvalue weighted by Crippen LogP contribution is -2.33. The first kappa shape index (κ1) is 28.6. The van der Waals surface area contributed by atoms with Crippen LogP contribution in [-0.2, 0) is 0 Å². The Labute approximate surface area is 283 Å². The van der Waals surface area contributed by atoms with Gasteiger partial charge in [0, 0.05) is 27.6 Å². The topological polar surface area (TPSA) is 75.7 Å². The van der Waals surface area contributed by atoms with Gasteiger partial charge in [-0.3, -0.25) is 0 Å². The van der Waals surface area contributed by atoms with Crippen molar-refractivity contribution >= 4 is 33.9 Å². The summed E-state index contributed by atoms with van der Waals surface area (Å²) in [7, 11) is 0. The van der Waals surface area contributed by atoms with Gasteiger partial charge in [0.15, 0.2) is 5.84 Å². The molecule has 2 aromatic heterocycles. The number of fused-ring (bicyclic) bond motifs is 3. The first-order valence-corrected chi connectivity index (χ1v) is 16.3. The normalized spacial score (nSPS) is 14.3. The molecule has 1 aliphatic rings. The Bertz CT molecular complexity index is 2500. The number of amidine groups is 2. The van der Waals surface area contributed by atoms with Crippen molar-refractivity contribution < 1.29 is 4.42 Å². The first-order valence-electron chi connectivity index (χ1n) is 16.3. The minimum absolute atomic E-state index is 0.245. The van der Waals surface area contributed by atoms with Crippen molar-refractivity contribution in [1.82, 2.24) is 15.3 Å². The predicted octanol–water partition coefficient (Wildman–Crippen LogP) is 9.87. The van der Waals surface area contributed by atoms with E-state index in [1.807, 2.05) is 78.9 Å².